The topological polar surface area (TPSA) is 101 Å². The number of rotatable bonds is 5. The first kappa shape index (κ1) is 21.1. The average Bonchev–Trinajstić information content (AvgIpc) is 3.27. The molecule has 3 heterocycles. The zero-order valence-corrected chi connectivity index (χ0v) is 16.6. The van der Waals surface area contributed by atoms with Crippen molar-refractivity contribution in [1.29, 1.82) is 0 Å². The van der Waals surface area contributed by atoms with Gasteiger partial charge in [-0.05, 0) is 30.7 Å². The molecule has 0 saturated carbocycles. The molecule has 32 heavy (non-hydrogen) atoms. The Kier molecular flexibility index (Phi) is 5.63. The van der Waals surface area contributed by atoms with Gasteiger partial charge in [0.15, 0.2) is 11.5 Å². The van der Waals surface area contributed by atoms with Gasteiger partial charge in [-0.3, -0.25) is 9.36 Å². The Bertz CT molecular complexity index is 1450. The summed E-state index contributed by atoms with van der Waals surface area (Å²) in [4.78, 5) is 33.8. The van der Waals surface area contributed by atoms with E-state index in [4.69, 9.17) is 4.98 Å². The van der Waals surface area contributed by atoms with Gasteiger partial charge in [-0.25, -0.2) is 24.3 Å². The summed E-state index contributed by atoms with van der Waals surface area (Å²) in [6.07, 6.45) is 3.56. The summed E-state index contributed by atoms with van der Waals surface area (Å²) in [6, 6.07) is 13.2. The Hall–Kier alpha value is -4.14. The number of fused-ring (bicyclic) bond motifs is 2. The van der Waals surface area contributed by atoms with Gasteiger partial charge < -0.3 is 10.3 Å². The van der Waals surface area contributed by atoms with Crippen LogP contribution < -0.4 is 10.9 Å². The number of nitrogens with one attached hydrogen (secondary N) is 2. The molecule has 0 saturated heterocycles. The van der Waals surface area contributed by atoms with Crippen LogP contribution in [0.4, 0.5) is 10.2 Å². The van der Waals surface area contributed by atoms with Gasteiger partial charge in [0.1, 0.15) is 28.9 Å². The smallest absolute Gasteiger partial charge is 0.269 e. The van der Waals surface area contributed by atoms with E-state index in [1.807, 2.05) is 25.1 Å². The maximum Gasteiger partial charge on any atom is 0.269 e. The number of halogens is 1. The highest BCUT2D eigenvalue weighted by atomic mass is 19.1. The van der Waals surface area contributed by atoms with Crippen molar-refractivity contribution in [2.24, 2.45) is 0 Å². The molecule has 5 aromatic rings. The summed E-state index contributed by atoms with van der Waals surface area (Å²) in [5.74, 6) is 0.410. The Balaban J connectivity index is 0.00000245. The van der Waals surface area contributed by atoms with E-state index >= 15 is 0 Å². The lowest BCUT2D eigenvalue weighted by Gasteiger charge is -2.22. The molecule has 1 atom stereocenters. The lowest BCUT2D eigenvalue weighted by atomic mass is 10.1. The molecule has 0 radical (unpaired) electrons. The van der Waals surface area contributed by atoms with E-state index in [0.717, 1.165) is 0 Å². The Labute approximate surface area is 183 Å². The van der Waals surface area contributed by atoms with Gasteiger partial charge >= 0.3 is 0 Å². The summed E-state index contributed by atoms with van der Waals surface area (Å²) in [5, 5.41) is 3.31. The van der Waals surface area contributed by atoms with Crippen molar-refractivity contribution in [3.8, 4) is 5.69 Å². The predicted octanol–water partition coefficient (Wildman–Crippen LogP) is 4.39. The number of H-pyrrole nitrogens is 1. The molecule has 0 unspecified atom stereocenters. The summed E-state index contributed by atoms with van der Waals surface area (Å²) in [7, 11) is 0. The van der Waals surface area contributed by atoms with E-state index in [9.17, 15) is 9.18 Å². The molecular weight excluding hydrogens is 409 g/mol. The zero-order chi connectivity index (χ0) is 21.4. The van der Waals surface area contributed by atoms with Crippen LogP contribution in [0.25, 0.3) is 27.8 Å². The molecule has 3 aromatic heterocycles. The van der Waals surface area contributed by atoms with Gasteiger partial charge in [-0.15, -0.1) is 0 Å². The molecule has 162 valence electrons. The molecule has 2 aromatic carbocycles. The number of hydrogen-bond donors (Lipinski definition) is 2. The van der Waals surface area contributed by atoms with Crippen molar-refractivity contribution in [3.63, 3.8) is 0 Å². The van der Waals surface area contributed by atoms with E-state index in [1.54, 1.807) is 30.6 Å². The van der Waals surface area contributed by atoms with Crippen LogP contribution in [-0.4, -0.2) is 29.5 Å². The van der Waals surface area contributed by atoms with Crippen LogP contribution in [0.5, 0.6) is 0 Å². The monoisotopic (exact) mass is 431 g/mol. The molecule has 0 bridgehead atoms. The third kappa shape index (κ3) is 3.47. The highest BCUT2D eigenvalue weighted by Gasteiger charge is 2.22. The Morgan fingerprint density at radius 1 is 1.09 bits per heavy atom. The minimum Gasteiger partial charge on any atom is -0.358 e. The number of hydrogen-bond acceptors (Lipinski definition) is 6. The molecule has 2 N–H and O–H groups in total. The molecule has 8 nitrogen and oxygen atoms in total. The van der Waals surface area contributed by atoms with Crippen LogP contribution in [0.15, 0.2) is 66.0 Å². The first-order chi connectivity index (χ1) is 15.2. The minimum absolute atomic E-state index is 0. The van der Waals surface area contributed by atoms with Crippen LogP contribution in [0, 0.1) is 5.82 Å². The van der Waals surface area contributed by atoms with Gasteiger partial charge in [-0.2, -0.15) is 0 Å². The third-order valence-corrected chi connectivity index (χ3v) is 5.14. The second-order valence-electron chi connectivity index (χ2n) is 7.01. The molecule has 0 aliphatic carbocycles. The number of aromatic amines is 1. The molecule has 0 spiro atoms. The summed E-state index contributed by atoms with van der Waals surface area (Å²) in [6.45, 7) is 1.97. The normalized spacial score (nSPS) is 11.9. The van der Waals surface area contributed by atoms with Gasteiger partial charge in [-0.1, -0.05) is 38.6 Å². The molecule has 0 fully saturated rings. The van der Waals surface area contributed by atoms with Crippen molar-refractivity contribution in [1.82, 2.24) is 29.5 Å². The first-order valence-corrected chi connectivity index (χ1v) is 9.84. The number of aromatic nitrogens is 6. The molecule has 0 aliphatic rings. The fourth-order valence-electron chi connectivity index (χ4n) is 3.66. The van der Waals surface area contributed by atoms with E-state index in [0.29, 0.717) is 40.4 Å². The number of anilines is 1. The van der Waals surface area contributed by atoms with Crippen molar-refractivity contribution in [2.45, 2.75) is 26.8 Å². The second-order valence-corrected chi connectivity index (χ2v) is 7.01. The van der Waals surface area contributed by atoms with Crippen molar-refractivity contribution < 1.29 is 4.39 Å². The maximum absolute atomic E-state index is 14.5. The Morgan fingerprint density at radius 2 is 1.91 bits per heavy atom. The SMILES string of the molecule is C.CC[C@H](Nc1ncnc2nc[nH]c12)c1nc2cccc(F)c2c(=O)n1-c1ccccc1. The van der Waals surface area contributed by atoms with Gasteiger partial charge in [0.2, 0.25) is 0 Å². The van der Waals surface area contributed by atoms with Crippen LogP contribution in [0.2, 0.25) is 0 Å². The standard InChI is InChI=1S/C22H18FN7O.CH4/c1-2-15(28-20-18-19(25-11-24-18)26-12-27-20)21-29-16-10-6-9-14(23)17(16)22(31)30(21)13-7-4-3-5-8-13;/h3-12,15H,2H2,1H3,(H2,24,25,26,27,28);1H4/t15-;/m0./s1. The van der Waals surface area contributed by atoms with Crippen LogP contribution >= 0.6 is 0 Å². The van der Waals surface area contributed by atoms with E-state index in [1.165, 1.54) is 17.0 Å². The molecule has 0 aliphatic heterocycles. The van der Waals surface area contributed by atoms with Gasteiger partial charge in [0.25, 0.3) is 5.56 Å². The summed E-state index contributed by atoms with van der Waals surface area (Å²) < 4.78 is 16.0. The average molecular weight is 431 g/mol. The summed E-state index contributed by atoms with van der Waals surface area (Å²) in [5.41, 5.74) is 1.64. The van der Waals surface area contributed by atoms with E-state index in [-0.39, 0.29) is 18.9 Å². The second kappa shape index (κ2) is 8.54. The van der Waals surface area contributed by atoms with Gasteiger partial charge in [0.05, 0.1) is 23.6 Å². The van der Waals surface area contributed by atoms with Gasteiger partial charge in [0, 0.05) is 0 Å². The first-order valence-electron chi connectivity index (χ1n) is 9.84. The third-order valence-electron chi connectivity index (χ3n) is 5.14. The number of para-hydroxylation sites is 1. The van der Waals surface area contributed by atoms with E-state index in [2.05, 4.69) is 25.3 Å². The lowest BCUT2D eigenvalue weighted by Crippen LogP contribution is -2.28. The summed E-state index contributed by atoms with van der Waals surface area (Å²) >= 11 is 0. The predicted molar refractivity (Wildman–Crippen MR) is 122 cm³/mol. The molecule has 0 amide bonds. The molecule has 5 rings (SSSR count). The van der Waals surface area contributed by atoms with E-state index < -0.39 is 11.4 Å². The van der Waals surface area contributed by atoms with Crippen LogP contribution in [0.3, 0.4) is 0 Å². The van der Waals surface area contributed by atoms with Crippen molar-refractivity contribution in [2.75, 3.05) is 5.32 Å². The fourth-order valence-corrected chi connectivity index (χ4v) is 3.66. The van der Waals surface area contributed by atoms with Crippen LogP contribution in [-0.2, 0) is 0 Å². The highest BCUT2D eigenvalue weighted by Crippen LogP contribution is 2.26. The van der Waals surface area contributed by atoms with Crippen LogP contribution in [0.1, 0.15) is 32.6 Å². The molecular formula is C23H22FN7O. The largest absolute Gasteiger partial charge is 0.358 e. The quantitative estimate of drug-likeness (QED) is 0.428. The Morgan fingerprint density at radius 3 is 2.69 bits per heavy atom. The number of imidazole rings is 1. The van der Waals surface area contributed by atoms with Crippen molar-refractivity contribution >= 4 is 27.9 Å². The number of nitrogens with zero attached hydrogens (tertiary/aromatic N) is 5. The number of benzene rings is 2. The zero-order valence-electron chi connectivity index (χ0n) is 16.6. The van der Waals surface area contributed by atoms with Crippen molar-refractivity contribution in [3.05, 3.63) is 83.2 Å². The maximum atomic E-state index is 14.5. The molecule has 9 heteroatoms. The lowest BCUT2D eigenvalue weighted by molar-refractivity contribution is 0.630. The minimum atomic E-state index is -0.595. The fraction of sp³-hybridized carbons (Fsp3) is 0.174. The highest BCUT2D eigenvalue weighted by molar-refractivity contribution is 5.82.